The molecule has 298 valence electrons. The van der Waals surface area contributed by atoms with Crippen molar-refractivity contribution in [1.82, 2.24) is 30.0 Å². The molecule has 1 aromatic heterocycles. The molecule has 0 saturated carbocycles. The Morgan fingerprint density at radius 1 is 1.16 bits per heavy atom. The monoisotopic (exact) mass is 789 g/mol. The number of aliphatic hydroxyl groups excluding tert-OH is 1. The number of nitrogens with one attached hydrogen (secondary N) is 3. The molecule has 0 radical (unpaired) electrons. The molecule has 14 nitrogen and oxygen atoms in total. The van der Waals surface area contributed by atoms with Crippen LogP contribution in [0.2, 0.25) is 5.02 Å². The average molecular weight is 790 g/mol. The summed E-state index contributed by atoms with van der Waals surface area (Å²) in [6.45, 7) is 8.36. The molecule has 2 aliphatic heterocycles. The number of hydrogen-bond acceptors (Lipinski definition) is 10. The van der Waals surface area contributed by atoms with Crippen molar-refractivity contribution in [2.75, 3.05) is 44.7 Å². The van der Waals surface area contributed by atoms with Crippen LogP contribution >= 0.6 is 11.6 Å². The van der Waals surface area contributed by atoms with E-state index in [9.17, 15) is 27.9 Å². The minimum absolute atomic E-state index is 0.107. The van der Waals surface area contributed by atoms with Crippen LogP contribution in [0.4, 0.5) is 18.9 Å². The zero-order valence-corrected chi connectivity index (χ0v) is 32.1. The van der Waals surface area contributed by atoms with Crippen molar-refractivity contribution in [2.45, 2.75) is 59.7 Å². The van der Waals surface area contributed by atoms with Gasteiger partial charge in [0.25, 0.3) is 11.5 Å². The summed E-state index contributed by atoms with van der Waals surface area (Å²) >= 11 is 6.38. The number of halogens is 4. The number of aryl methyl sites for hydroxylation is 1. The van der Waals surface area contributed by atoms with E-state index in [0.717, 1.165) is 24.1 Å². The highest BCUT2D eigenvalue weighted by atomic mass is 35.5. The largest absolute Gasteiger partial charge is 0.504 e. The van der Waals surface area contributed by atoms with E-state index < -0.39 is 29.0 Å². The van der Waals surface area contributed by atoms with Crippen LogP contribution in [0.5, 0.6) is 5.75 Å². The quantitative estimate of drug-likeness (QED) is 0.0886. The molecular weight excluding hydrogens is 743 g/mol. The molecule has 18 heteroatoms. The molecule has 0 bridgehead atoms. The number of piperazine rings is 1. The van der Waals surface area contributed by atoms with Crippen molar-refractivity contribution in [3.8, 4) is 17.1 Å². The van der Waals surface area contributed by atoms with Crippen molar-refractivity contribution < 1.29 is 32.6 Å². The number of primary amides is 1. The van der Waals surface area contributed by atoms with Crippen molar-refractivity contribution in [3.63, 3.8) is 0 Å². The first-order valence-corrected chi connectivity index (χ1v) is 18.0. The summed E-state index contributed by atoms with van der Waals surface area (Å²) in [6, 6.07) is 8.50. The fourth-order valence-corrected chi connectivity index (χ4v) is 6.17. The lowest BCUT2D eigenvalue weighted by atomic mass is 9.99. The van der Waals surface area contributed by atoms with Gasteiger partial charge in [-0.25, -0.2) is 14.6 Å². The van der Waals surface area contributed by atoms with E-state index in [1.807, 2.05) is 39.0 Å². The Kier molecular flexibility index (Phi) is 16.1. The summed E-state index contributed by atoms with van der Waals surface area (Å²) in [4.78, 5) is 49.0. The first-order valence-electron chi connectivity index (χ1n) is 17.6. The Labute approximate surface area is 322 Å². The number of fused-ring (bicyclic) bond motifs is 1. The number of carbonyl (C=O) groups is 2. The van der Waals surface area contributed by atoms with E-state index in [4.69, 9.17) is 26.5 Å². The van der Waals surface area contributed by atoms with Gasteiger partial charge in [-0.2, -0.15) is 13.2 Å². The van der Waals surface area contributed by atoms with Gasteiger partial charge in [-0.3, -0.25) is 19.5 Å². The van der Waals surface area contributed by atoms with Crippen LogP contribution in [0.1, 0.15) is 56.5 Å². The third-order valence-corrected chi connectivity index (χ3v) is 8.91. The third kappa shape index (κ3) is 10.8. The summed E-state index contributed by atoms with van der Waals surface area (Å²) in [5.41, 5.74) is 4.92. The molecule has 3 heterocycles. The van der Waals surface area contributed by atoms with Crippen LogP contribution in [0, 0.1) is 5.41 Å². The number of aliphatic hydroxyl groups is 1. The van der Waals surface area contributed by atoms with Crippen LogP contribution in [-0.4, -0.2) is 87.6 Å². The number of nitrogens with two attached hydrogens (primary N) is 1. The summed E-state index contributed by atoms with van der Waals surface area (Å²) in [5, 5.41) is 23.7. The van der Waals surface area contributed by atoms with Gasteiger partial charge in [-0.15, -0.1) is 0 Å². The average Bonchev–Trinajstić information content (AvgIpc) is 3.24. The molecule has 0 spiro atoms. The molecule has 0 unspecified atom stereocenters. The van der Waals surface area contributed by atoms with E-state index in [1.54, 1.807) is 4.90 Å². The number of alkyl halides is 3. The topological polar surface area (TPSA) is 196 Å². The van der Waals surface area contributed by atoms with Gasteiger partial charge in [0, 0.05) is 49.4 Å². The summed E-state index contributed by atoms with van der Waals surface area (Å²) in [5.74, 6) is 0.0300. The Bertz CT molecular complexity index is 1990. The van der Waals surface area contributed by atoms with E-state index in [1.165, 1.54) is 35.9 Å². The van der Waals surface area contributed by atoms with Crippen LogP contribution in [0.15, 0.2) is 59.0 Å². The van der Waals surface area contributed by atoms with Crippen molar-refractivity contribution in [2.24, 2.45) is 5.73 Å². The Balaban J connectivity index is 0.00000155. The number of nitrogens with zero attached hydrogens (tertiary/aromatic N) is 5. The number of likely N-dealkylation sites (N-methyl/N-ethyl adjacent to an activating group) is 1. The van der Waals surface area contributed by atoms with Crippen molar-refractivity contribution >= 4 is 35.3 Å². The molecule has 0 atom stereocenters. The number of allylic oxidation sites excluding steroid dienone is 1. The maximum absolute atomic E-state index is 14.7. The van der Waals surface area contributed by atoms with E-state index >= 15 is 0 Å². The first-order chi connectivity index (χ1) is 26.2. The lowest BCUT2D eigenvalue weighted by Gasteiger charge is -2.36. The molecule has 3 aromatic rings. The molecule has 55 heavy (non-hydrogen) atoms. The number of carbonyl (C=O) groups excluding carboxylic acids is 2. The molecular formula is C37H47ClF3N9O5. The Morgan fingerprint density at radius 3 is 2.42 bits per heavy atom. The van der Waals surface area contributed by atoms with E-state index in [-0.39, 0.29) is 72.6 Å². The number of ether oxygens (including phenoxy) is 1. The van der Waals surface area contributed by atoms with Crippen LogP contribution < -0.4 is 26.2 Å². The van der Waals surface area contributed by atoms with E-state index in [0.29, 0.717) is 36.5 Å². The van der Waals surface area contributed by atoms with Gasteiger partial charge < -0.3 is 36.1 Å². The van der Waals surface area contributed by atoms with Gasteiger partial charge >= 0.3 is 6.18 Å². The minimum atomic E-state index is -4.60. The Hall–Kier alpha value is -5.58. The molecule has 1 fully saturated rings. The van der Waals surface area contributed by atoms with Crippen LogP contribution in [0.25, 0.3) is 11.4 Å². The Morgan fingerprint density at radius 2 is 1.84 bits per heavy atom. The summed E-state index contributed by atoms with van der Waals surface area (Å²) in [7, 11) is 1.48. The number of benzene rings is 2. The highest BCUT2D eigenvalue weighted by Gasteiger charge is 2.31. The number of aromatic nitrogens is 4. The second-order valence-electron chi connectivity index (χ2n) is 11.9. The highest BCUT2D eigenvalue weighted by Crippen LogP contribution is 2.34. The predicted molar refractivity (Wildman–Crippen MR) is 205 cm³/mol. The molecule has 1 saturated heterocycles. The van der Waals surface area contributed by atoms with Gasteiger partial charge in [0.1, 0.15) is 23.5 Å². The van der Waals surface area contributed by atoms with Gasteiger partial charge in [0.2, 0.25) is 6.41 Å². The zero-order chi connectivity index (χ0) is 40.9. The second kappa shape index (κ2) is 20.2. The SMILES string of the molecule is CC.CCc1ncnc(-c2cccc3c2CCCO3)[nH]n(Cc2ccc(C(F)(F)F)cc2Cl)c(=O)c1N1CCN(C(=O)/C(NC)=C(\O)C(C)=N)CC1.NC=O. The number of H-pyrrole nitrogens is 1. The molecule has 6 N–H and O–H groups in total. The van der Waals surface area contributed by atoms with Gasteiger partial charge in [-0.1, -0.05) is 50.6 Å². The fourth-order valence-electron chi connectivity index (χ4n) is 5.93. The molecule has 0 aliphatic carbocycles. The van der Waals surface area contributed by atoms with Crippen molar-refractivity contribution in [3.05, 3.63) is 91.9 Å². The first kappa shape index (κ1) is 43.8. The number of anilines is 1. The zero-order valence-electron chi connectivity index (χ0n) is 31.4. The fraction of sp³-hybridized carbons (Fsp3) is 0.405. The second-order valence-corrected chi connectivity index (χ2v) is 12.3. The minimum Gasteiger partial charge on any atom is -0.504 e. The van der Waals surface area contributed by atoms with Crippen molar-refractivity contribution in [1.29, 1.82) is 5.41 Å². The predicted octanol–water partition coefficient (Wildman–Crippen LogP) is 5.17. The maximum Gasteiger partial charge on any atom is 0.416 e. The number of rotatable bonds is 8. The van der Waals surface area contributed by atoms with Gasteiger partial charge in [0.05, 0.1) is 30.1 Å². The molecule has 2 aliphatic rings. The standard InChI is InChI=1S/C34H38ClF3N8O4.C2H6.CH3NO/c1-4-26-29(44-12-14-45(15-13-44)32(48)28(40-3)30(47)20(2)39)33(49)46(18-21-10-11-22(17-25(21)35)34(36,37)38)43-31(42-19-41-26)24-7-5-9-27-23(24)8-6-16-50-27;1-2;2-1-3/h5,7,9-11,17,19,39-40,47H,4,6,8,12-16,18H2,1-3H3,(H,41,42,43);1-2H3;1H,(H2,2,3)/b29-26?,30-28+,39-20?;;. The van der Waals surface area contributed by atoms with Crippen LogP contribution in [0.3, 0.4) is 0 Å². The van der Waals surface area contributed by atoms with Crippen LogP contribution in [-0.2, 0) is 35.2 Å². The number of aromatic amines is 1. The maximum atomic E-state index is 14.7. The summed E-state index contributed by atoms with van der Waals surface area (Å²) in [6.07, 6.45) is -1.17. The number of amides is 2. The number of hydrogen-bond donors (Lipinski definition) is 5. The smallest absolute Gasteiger partial charge is 0.416 e. The normalized spacial score (nSPS) is 14.0. The molecule has 2 aromatic carbocycles. The third-order valence-electron chi connectivity index (χ3n) is 8.56. The van der Waals surface area contributed by atoms with E-state index in [2.05, 4.69) is 26.1 Å². The lowest BCUT2D eigenvalue weighted by molar-refractivity contribution is -0.137. The lowest BCUT2D eigenvalue weighted by Crippen LogP contribution is -2.51. The molecule has 2 amide bonds. The van der Waals surface area contributed by atoms with Gasteiger partial charge in [-0.05, 0) is 49.9 Å². The summed E-state index contributed by atoms with van der Waals surface area (Å²) < 4.78 is 47.5. The molecule has 5 rings (SSSR count). The van der Waals surface area contributed by atoms with Gasteiger partial charge in [0.15, 0.2) is 11.6 Å². The highest BCUT2D eigenvalue weighted by molar-refractivity contribution is 6.31.